The van der Waals surface area contributed by atoms with Gasteiger partial charge in [0.25, 0.3) is 0 Å². The van der Waals surface area contributed by atoms with E-state index in [0.717, 1.165) is 22.9 Å². The molecule has 3 atom stereocenters. The third-order valence-corrected chi connectivity index (χ3v) is 3.94. The minimum atomic E-state index is -0.337. The minimum Gasteiger partial charge on any atom is -0.392 e. The first-order chi connectivity index (χ1) is 9.24. The second-order valence-electron chi connectivity index (χ2n) is 5.40. The lowest BCUT2D eigenvalue weighted by Crippen LogP contribution is -2.23. The van der Waals surface area contributed by atoms with E-state index in [1.54, 1.807) is 0 Å². The number of aliphatic hydroxyl groups excluding tert-OH is 1. The van der Waals surface area contributed by atoms with Crippen LogP contribution in [-0.4, -0.2) is 28.9 Å². The molecular weight excluding hydrogens is 238 g/mol. The second kappa shape index (κ2) is 5.27. The SMILES string of the molecule is CC1CC(C(O)Cc2ccnc3ccccc23)CO1. The molecule has 3 rings (SSSR count). The van der Waals surface area contributed by atoms with Crippen LogP contribution >= 0.6 is 0 Å². The fourth-order valence-corrected chi connectivity index (χ4v) is 2.84. The van der Waals surface area contributed by atoms with Crippen molar-refractivity contribution >= 4 is 10.9 Å². The number of aliphatic hydroxyl groups is 1. The van der Waals surface area contributed by atoms with E-state index in [1.165, 1.54) is 0 Å². The predicted octanol–water partition coefficient (Wildman–Crippen LogP) is 2.56. The highest BCUT2D eigenvalue weighted by Gasteiger charge is 2.28. The number of ether oxygens (including phenoxy) is 1. The molecule has 3 heteroatoms. The van der Waals surface area contributed by atoms with E-state index in [2.05, 4.69) is 18.0 Å². The third-order valence-electron chi connectivity index (χ3n) is 3.94. The smallest absolute Gasteiger partial charge is 0.0704 e. The van der Waals surface area contributed by atoms with Crippen LogP contribution in [0, 0.1) is 5.92 Å². The molecule has 1 fully saturated rings. The monoisotopic (exact) mass is 257 g/mol. The van der Waals surface area contributed by atoms with Crippen molar-refractivity contribution in [3.63, 3.8) is 0 Å². The largest absolute Gasteiger partial charge is 0.392 e. The normalized spacial score (nSPS) is 24.7. The molecule has 1 N–H and O–H groups in total. The van der Waals surface area contributed by atoms with Crippen molar-refractivity contribution < 1.29 is 9.84 Å². The molecule has 1 aliphatic rings. The van der Waals surface area contributed by atoms with E-state index in [9.17, 15) is 5.11 Å². The summed E-state index contributed by atoms with van der Waals surface area (Å²) in [5, 5.41) is 11.5. The van der Waals surface area contributed by atoms with Gasteiger partial charge in [0.15, 0.2) is 0 Å². The summed E-state index contributed by atoms with van der Waals surface area (Å²) in [4.78, 5) is 4.35. The first-order valence-electron chi connectivity index (χ1n) is 6.86. The lowest BCUT2D eigenvalue weighted by atomic mass is 9.93. The third kappa shape index (κ3) is 2.62. The lowest BCUT2D eigenvalue weighted by Gasteiger charge is -2.17. The maximum Gasteiger partial charge on any atom is 0.0704 e. The van der Waals surface area contributed by atoms with Crippen molar-refractivity contribution in [3.8, 4) is 0 Å². The number of hydrogen-bond acceptors (Lipinski definition) is 3. The van der Waals surface area contributed by atoms with Crippen LogP contribution in [0.3, 0.4) is 0 Å². The standard InChI is InChI=1S/C16H19NO2/c1-11-8-13(10-19-11)16(18)9-12-6-7-17-15-5-3-2-4-14(12)15/h2-7,11,13,16,18H,8-10H2,1H3. The molecule has 0 bridgehead atoms. The molecule has 1 aromatic heterocycles. The summed E-state index contributed by atoms with van der Waals surface area (Å²) < 4.78 is 5.54. The van der Waals surface area contributed by atoms with Crippen LogP contribution in [0.5, 0.6) is 0 Å². The molecular formula is C16H19NO2. The first kappa shape index (κ1) is 12.6. The summed E-state index contributed by atoms with van der Waals surface area (Å²) in [7, 11) is 0. The Kier molecular flexibility index (Phi) is 3.49. The maximum absolute atomic E-state index is 10.4. The molecule has 0 radical (unpaired) electrons. The Morgan fingerprint density at radius 1 is 1.37 bits per heavy atom. The van der Waals surface area contributed by atoms with E-state index < -0.39 is 0 Å². The Balaban J connectivity index is 1.81. The highest BCUT2D eigenvalue weighted by Crippen LogP contribution is 2.26. The number of nitrogens with zero attached hydrogens (tertiary/aromatic N) is 1. The number of rotatable bonds is 3. The Labute approximate surface area is 113 Å². The summed E-state index contributed by atoms with van der Waals surface area (Å²) in [6, 6.07) is 10.1. The Bertz CT molecular complexity index is 564. The molecule has 19 heavy (non-hydrogen) atoms. The van der Waals surface area contributed by atoms with Crippen LogP contribution in [-0.2, 0) is 11.2 Å². The lowest BCUT2D eigenvalue weighted by molar-refractivity contribution is 0.0808. The average molecular weight is 257 g/mol. The van der Waals surface area contributed by atoms with Gasteiger partial charge in [-0.1, -0.05) is 18.2 Å². The van der Waals surface area contributed by atoms with Crippen LogP contribution in [0.2, 0.25) is 0 Å². The zero-order valence-electron chi connectivity index (χ0n) is 11.1. The molecule has 1 aliphatic heterocycles. The van der Waals surface area contributed by atoms with Gasteiger partial charge in [-0.05, 0) is 37.5 Å². The number of para-hydroxylation sites is 1. The Morgan fingerprint density at radius 3 is 3.00 bits per heavy atom. The van der Waals surface area contributed by atoms with Gasteiger partial charge in [0.2, 0.25) is 0 Å². The van der Waals surface area contributed by atoms with Crippen molar-refractivity contribution in [2.75, 3.05) is 6.61 Å². The number of hydrogen-bond donors (Lipinski definition) is 1. The van der Waals surface area contributed by atoms with Gasteiger partial charge in [-0.3, -0.25) is 4.98 Å². The number of fused-ring (bicyclic) bond motifs is 1. The van der Waals surface area contributed by atoms with Gasteiger partial charge in [-0.25, -0.2) is 0 Å². The van der Waals surface area contributed by atoms with E-state index in [0.29, 0.717) is 13.0 Å². The Morgan fingerprint density at radius 2 is 2.21 bits per heavy atom. The predicted molar refractivity (Wildman–Crippen MR) is 75.0 cm³/mol. The maximum atomic E-state index is 10.4. The first-order valence-corrected chi connectivity index (χ1v) is 6.86. The van der Waals surface area contributed by atoms with Crippen LogP contribution in [0.25, 0.3) is 10.9 Å². The fourth-order valence-electron chi connectivity index (χ4n) is 2.84. The van der Waals surface area contributed by atoms with Crippen molar-refractivity contribution in [2.24, 2.45) is 5.92 Å². The summed E-state index contributed by atoms with van der Waals surface area (Å²) in [5.74, 6) is 0.252. The minimum absolute atomic E-state index is 0.252. The topological polar surface area (TPSA) is 42.4 Å². The molecule has 2 aromatic rings. The molecule has 0 amide bonds. The number of benzene rings is 1. The van der Waals surface area contributed by atoms with Crippen molar-refractivity contribution in [1.29, 1.82) is 0 Å². The molecule has 100 valence electrons. The summed E-state index contributed by atoms with van der Waals surface area (Å²) in [6.45, 7) is 2.74. The molecule has 3 nitrogen and oxygen atoms in total. The van der Waals surface area contributed by atoms with Crippen LogP contribution in [0.1, 0.15) is 18.9 Å². The summed E-state index contributed by atoms with van der Waals surface area (Å²) >= 11 is 0. The summed E-state index contributed by atoms with van der Waals surface area (Å²) in [5.41, 5.74) is 2.15. The van der Waals surface area contributed by atoms with Gasteiger partial charge >= 0.3 is 0 Å². The second-order valence-corrected chi connectivity index (χ2v) is 5.40. The molecule has 2 heterocycles. The van der Waals surface area contributed by atoms with Gasteiger partial charge in [-0.15, -0.1) is 0 Å². The molecule has 1 saturated heterocycles. The van der Waals surface area contributed by atoms with Crippen molar-refractivity contribution in [2.45, 2.75) is 32.0 Å². The van der Waals surface area contributed by atoms with E-state index >= 15 is 0 Å². The fraction of sp³-hybridized carbons (Fsp3) is 0.438. The van der Waals surface area contributed by atoms with Crippen LogP contribution < -0.4 is 0 Å². The average Bonchev–Trinajstić information content (AvgIpc) is 2.86. The Hall–Kier alpha value is -1.45. The number of pyridine rings is 1. The van der Waals surface area contributed by atoms with Gasteiger partial charge in [-0.2, -0.15) is 0 Å². The van der Waals surface area contributed by atoms with Crippen molar-refractivity contribution in [3.05, 3.63) is 42.1 Å². The van der Waals surface area contributed by atoms with Crippen molar-refractivity contribution in [1.82, 2.24) is 4.98 Å². The van der Waals surface area contributed by atoms with Gasteiger partial charge in [0.1, 0.15) is 0 Å². The molecule has 0 aliphatic carbocycles. The van der Waals surface area contributed by atoms with Crippen LogP contribution in [0.15, 0.2) is 36.5 Å². The molecule has 0 saturated carbocycles. The quantitative estimate of drug-likeness (QED) is 0.919. The zero-order valence-corrected chi connectivity index (χ0v) is 11.1. The van der Waals surface area contributed by atoms with E-state index in [-0.39, 0.29) is 18.1 Å². The summed E-state index contributed by atoms with van der Waals surface area (Å²) in [6.07, 6.45) is 3.37. The van der Waals surface area contributed by atoms with E-state index in [4.69, 9.17) is 4.74 Å². The highest BCUT2D eigenvalue weighted by atomic mass is 16.5. The van der Waals surface area contributed by atoms with E-state index in [1.807, 2.05) is 30.5 Å². The molecule has 0 spiro atoms. The number of aromatic nitrogens is 1. The van der Waals surface area contributed by atoms with Gasteiger partial charge in [0.05, 0.1) is 24.3 Å². The zero-order chi connectivity index (χ0) is 13.2. The van der Waals surface area contributed by atoms with Gasteiger partial charge < -0.3 is 9.84 Å². The molecule has 1 aromatic carbocycles. The highest BCUT2D eigenvalue weighted by molar-refractivity contribution is 5.81. The van der Waals surface area contributed by atoms with Crippen LogP contribution in [0.4, 0.5) is 0 Å². The molecule has 3 unspecified atom stereocenters. The van der Waals surface area contributed by atoms with Gasteiger partial charge in [0, 0.05) is 17.5 Å².